The summed E-state index contributed by atoms with van der Waals surface area (Å²) in [5.41, 5.74) is 0. The van der Waals surface area contributed by atoms with Crippen LogP contribution in [0.1, 0.15) is 45.3 Å². The summed E-state index contributed by atoms with van der Waals surface area (Å²) in [7, 11) is -1.24. The predicted octanol–water partition coefficient (Wildman–Crippen LogP) is 0.469. The zero-order valence-electron chi connectivity index (χ0n) is 14.8. The molecule has 0 saturated heterocycles. The number of hydrogen-bond acceptors (Lipinski definition) is 7. The fourth-order valence-electron chi connectivity index (χ4n) is 1.65. The molecule has 0 bridgehead atoms. The lowest BCUT2D eigenvalue weighted by molar-refractivity contribution is -0.705. The van der Waals surface area contributed by atoms with Gasteiger partial charge in [0.15, 0.2) is 0 Å². The second kappa shape index (κ2) is 10.00. The summed E-state index contributed by atoms with van der Waals surface area (Å²) in [5.74, 6) is 6.08. The summed E-state index contributed by atoms with van der Waals surface area (Å²) in [5, 5.41) is 3.01. The molecule has 1 aromatic rings. The van der Waals surface area contributed by atoms with Crippen molar-refractivity contribution in [3.05, 3.63) is 11.6 Å². The molecule has 3 N–H and O–H groups in total. The third-order valence-electron chi connectivity index (χ3n) is 2.83. The van der Waals surface area contributed by atoms with E-state index in [4.69, 9.17) is 5.84 Å². The number of nitrogen functional groups attached to an aromatic ring is 1. The lowest BCUT2D eigenvalue weighted by Crippen LogP contribution is -2.49. The van der Waals surface area contributed by atoms with Gasteiger partial charge in [-0.1, -0.05) is 18.6 Å². The van der Waals surface area contributed by atoms with Crippen LogP contribution >= 0.6 is 7.60 Å². The van der Waals surface area contributed by atoms with Gasteiger partial charge in [-0.2, -0.15) is 5.10 Å². The molecule has 23 heavy (non-hydrogen) atoms. The van der Waals surface area contributed by atoms with Crippen molar-refractivity contribution in [1.82, 2.24) is 10.1 Å². The molecule has 1 aromatic heterocycles. The van der Waals surface area contributed by atoms with E-state index in [1.165, 1.54) is 25.9 Å². The van der Waals surface area contributed by atoms with E-state index in [0.717, 1.165) is 44.0 Å². The predicted molar refractivity (Wildman–Crippen MR) is 84.0 cm³/mol. The number of ether oxygens (including phenoxy) is 2. The van der Waals surface area contributed by atoms with Crippen molar-refractivity contribution >= 4 is 7.60 Å². The van der Waals surface area contributed by atoms with E-state index in [-0.39, 0.29) is 0 Å². The average molecular weight is 352 g/mol. The zero-order chi connectivity index (χ0) is 18.1. The Hall–Kier alpha value is -0.990. The molecule has 1 atom stereocenters. The van der Waals surface area contributed by atoms with Crippen LogP contribution in [0.4, 0.5) is 0 Å². The summed E-state index contributed by atoms with van der Waals surface area (Å²) in [6.07, 6.45) is 4.09. The second-order valence-corrected chi connectivity index (χ2v) is 6.82. The van der Waals surface area contributed by atoms with Gasteiger partial charge in [0.1, 0.15) is 7.60 Å². The van der Waals surface area contributed by atoms with Crippen molar-refractivity contribution in [3.63, 3.8) is 0 Å². The molecule has 0 aliphatic rings. The summed E-state index contributed by atoms with van der Waals surface area (Å²) < 4.78 is 24.4. The Morgan fingerprint density at radius 3 is 2.17 bits per heavy atom. The van der Waals surface area contributed by atoms with Crippen molar-refractivity contribution in [2.75, 3.05) is 26.7 Å². The number of aryl methyl sites for hydroxylation is 2. The van der Waals surface area contributed by atoms with E-state index in [1.807, 2.05) is 0 Å². The van der Waals surface area contributed by atoms with Crippen molar-refractivity contribution in [2.45, 2.75) is 52.4 Å². The number of aromatic nitrogens is 3. The standard InChI is InChI=1S/C8H16N4.C5H13O5P/c1-3-5-7-10-8(6-4-2)12(9)11-7;1-5(8-2,9-3)10-11(4,6)7/h3-6,9H2,1-2H3;1-4H3,(H,6,7). The van der Waals surface area contributed by atoms with Gasteiger partial charge >= 0.3 is 5.82 Å². The van der Waals surface area contributed by atoms with Gasteiger partial charge in [-0.05, 0) is 17.8 Å². The lowest BCUT2D eigenvalue weighted by atomic mass is 10.3. The number of nitrogens with zero attached hydrogens (tertiary/aromatic N) is 2. The summed E-state index contributed by atoms with van der Waals surface area (Å²) in [6.45, 7) is 6.56. The highest BCUT2D eigenvalue weighted by molar-refractivity contribution is 7.50. The number of rotatable bonds is 8. The SMILES string of the molecule is CCCc1nc(CCC)[n+](N)[nH]1.COC(C)(OC)OP(C)(=O)[O-]. The number of nitrogens with one attached hydrogen (secondary N) is 1. The summed E-state index contributed by atoms with van der Waals surface area (Å²) in [4.78, 5) is 16.5. The molecule has 9 nitrogen and oxygen atoms in total. The van der Waals surface area contributed by atoms with E-state index in [1.54, 1.807) is 0 Å². The minimum Gasteiger partial charge on any atom is -0.779 e. The van der Waals surface area contributed by atoms with E-state index in [9.17, 15) is 9.46 Å². The maximum absolute atomic E-state index is 10.6. The first-order valence-electron chi connectivity index (χ1n) is 7.45. The highest BCUT2D eigenvalue weighted by atomic mass is 31.2. The first kappa shape index (κ1) is 22.0. The molecular formula is C13H29N4O5P. The van der Waals surface area contributed by atoms with Gasteiger partial charge in [-0.3, -0.25) is 4.52 Å². The molecule has 0 aliphatic carbocycles. The fraction of sp³-hybridized carbons (Fsp3) is 0.846. The molecule has 0 amide bonds. The molecule has 1 rings (SSSR count). The number of hydrogen-bond donors (Lipinski definition) is 2. The van der Waals surface area contributed by atoms with Gasteiger partial charge < -0.3 is 18.9 Å². The Bertz CT molecular complexity index is 499. The molecule has 10 heteroatoms. The Balaban J connectivity index is 0.000000423. The molecule has 1 unspecified atom stereocenters. The van der Waals surface area contributed by atoms with Crippen LogP contribution in [0.15, 0.2) is 0 Å². The Morgan fingerprint density at radius 1 is 1.30 bits per heavy atom. The van der Waals surface area contributed by atoms with Crippen molar-refractivity contribution in [2.24, 2.45) is 0 Å². The Kier molecular flexibility index (Phi) is 9.57. The maximum atomic E-state index is 10.6. The van der Waals surface area contributed by atoms with Gasteiger partial charge in [0.05, 0.1) is 6.42 Å². The molecule has 0 fully saturated rings. The highest BCUT2D eigenvalue weighted by Crippen LogP contribution is 2.37. The van der Waals surface area contributed by atoms with Crippen LogP contribution in [0.3, 0.4) is 0 Å². The molecule has 136 valence electrons. The number of methoxy groups -OCH3 is 2. The summed E-state index contributed by atoms with van der Waals surface area (Å²) >= 11 is 0. The van der Waals surface area contributed by atoms with Gasteiger partial charge in [0.25, 0.3) is 11.8 Å². The first-order valence-corrected chi connectivity index (χ1v) is 9.44. The second-order valence-electron chi connectivity index (χ2n) is 5.09. The van der Waals surface area contributed by atoms with E-state index < -0.39 is 13.6 Å². The molecule has 0 aliphatic heterocycles. The molecule has 0 aromatic carbocycles. The van der Waals surface area contributed by atoms with Crippen LogP contribution in [0.5, 0.6) is 0 Å². The largest absolute Gasteiger partial charge is 0.779 e. The minimum absolute atomic E-state index is 0.941. The summed E-state index contributed by atoms with van der Waals surface area (Å²) in [6, 6.07) is 0. The Morgan fingerprint density at radius 2 is 1.83 bits per heavy atom. The van der Waals surface area contributed by atoms with Crippen LogP contribution in [-0.2, 0) is 31.4 Å². The molecule has 0 radical (unpaired) electrons. The first-order chi connectivity index (χ1) is 10.6. The van der Waals surface area contributed by atoms with Crippen LogP contribution in [0.2, 0.25) is 0 Å². The quantitative estimate of drug-likeness (QED) is 0.301. The maximum Gasteiger partial charge on any atom is 0.342 e. The van der Waals surface area contributed by atoms with Crippen LogP contribution < -0.4 is 15.5 Å². The fourth-order valence-corrected chi connectivity index (χ4v) is 2.40. The topological polar surface area (TPSA) is 126 Å². The van der Waals surface area contributed by atoms with Gasteiger partial charge in [-0.25, -0.2) is 5.84 Å². The average Bonchev–Trinajstić information content (AvgIpc) is 2.79. The van der Waals surface area contributed by atoms with E-state index in [2.05, 4.69) is 37.9 Å². The van der Waals surface area contributed by atoms with E-state index >= 15 is 0 Å². The van der Waals surface area contributed by atoms with Crippen LogP contribution in [-0.4, -0.2) is 36.9 Å². The smallest absolute Gasteiger partial charge is 0.342 e. The monoisotopic (exact) mass is 352 g/mol. The highest BCUT2D eigenvalue weighted by Gasteiger charge is 2.27. The van der Waals surface area contributed by atoms with E-state index in [0.29, 0.717) is 0 Å². The van der Waals surface area contributed by atoms with Crippen molar-refractivity contribution in [3.8, 4) is 0 Å². The number of H-pyrrole nitrogens is 1. The minimum atomic E-state index is -3.82. The van der Waals surface area contributed by atoms with Crippen molar-refractivity contribution in [1.29, 1.82) is 0 Å². The van der Waals surface area contributed by atoms with Gasteiger partial charge in [-0.15, -0.1) is 0 Å². The normalized spacial score (nSPS) is 14.0. The van der Waals surface area contributed by atoms with Gasteiger partial charge in [0, 0.05) is 34.2 Å². The van der Waals surface area contributed by atoms with Crippen molar-refractivity contribution < 1.29 is 28.2 Å². The molecular weight excluding hydrogens is 323 g/mol. The van der Waals surface area contributed by atoms with Crippen LogP contribution in [0, 0.1) is 0 Å². The molecule has 0 spiro atoms. The number of nitrogens with two attached hydrogens (primary N) is 1. The zero-order valence-corrected chi connectivity index (χ0v) is 15.7. The number of aromatic amines is 1. The molecule has 1 heterocycles. The third kappa shape index (κ3) is 9.02. The lowest BCUT2D eigenvalue weighted by Gasteiger charge is -2.31. The Labute approximate surface area is 137 Å². The van der Waals surface area contributed by atoms with Gasteiger partial charge in [0.2, 0.25) is 0 Å². The molecule has 0 saturated carbocycles. The van der Waals surface area contributed by atoms with Crippen LogP contribution in [0.25, 0.3) is 0 Å². The third-order valence-corrected chi connectivity index (χ3v) is 3.49.